The van der Waals surface area contributed by atoms with E-state index in [1.54, 1.807) is 0 Å². The maximum absolute atomic E-state index is 13.1. The van der Waals surface area contributed by atoms with Crippen molar-refractivity contribution in [3.63, 3.8) is 0 Å². The Morgan fingerprint density at radius 1 is 1.09 bits per heavy atom. The second kappa shape index (κ2) is 6.55. The number of anilines is 1. The Balaban J connectivity index is 1.93. The Kier molecular flexibility index (Phi) is 4.73. The number of hydrogen-bond donors (Lipinski definition) is 3. The number of urea groups is 1. The third-order valence-corrected chi connectivity index (χ3v) is 2.97. The van der Waals surface area contributed by atoms with Gasteiger partial charge in [0.1, 0.15) is 0 Å². The number of rotatable bonds is 3. The summed E-state index contributed by atoms with van der Waals surface area (Å²) in [7, 11) is 0. The zero-order chi connectivity index (χ0) is 17.0. The highest BCUT2D eigenvalue weighted by Gasteiger charge is 2.29. The number of aromatic hydroxyl groups is 1. The van der Waals surface area contributed by atoms with E-state index in [1.807, 2.05) is 0 Å². The molecule has 2 amide bonds. The molecule has 2 rings (SSSR count). The average molecular weight is 328 g/mol. The molecule has 0 saturated carbocycles. The first-order valence-corrected chi connectivity index (χ1v) is 6.46. The number of carbonyl (C=O) groups is 1. The molecule has 122 valence electrons. The minimum atomic E-state index is -4.42. The number of alkyl halides is 3. The Hall–Kier alpha value is -2.77. The molecule has 0 spiro atoms. The second-order valence-corrected chi connectivity index (χ2v) is 4.64. The number of phenols is 1. The molecule has 0 atom stereocenters. The van der Waals surface area contributed by atoms with Crippen molar-refractivity contribution in [2.75, 3.05) is 5.32 Å². The zero-order valence-electron chi connectivity index (χ0n) is 11.6. The molecule has 2 aromatic rings. The van der Waals surface area contributed by atoms with Gasteiger partial charge < -0.3 is 15.7 Å². The van der Waals surface area contributed by atoms with Crippen LogP contribution in [0.25, 0.3) is 0 Å². The summed E-state index contributed by atoms with van der Waals surface area (Å²) < 4.78 is 50.3. The van der Waals surface area contributed by atoms with Gasteiger partial charge in [-0.15, -0.1) is 0 Å². The van der Waals surface area contributed by atoms with Crippen LogP contribution in [0.3, 0.4) is 0 Å². The molecule has 0 radical (unpaired) electrons. The lowest BCUT2D eigenvalue weighted by atomic mass is 10.1. The van der Waals surface area contributed by atoms with Crippen molar-refractivity contribution in [3.05, 3.63) is 59.4 Å². The van der Waals surface area contributed by atoms with Crippen molar-refractivity contribution < 1.29 is 27.5 Å². The molecule has 8 heteroatoms. The molecule has 0 aliphatic carbocycles. The van der Waals surface area contributed by atoms with Gasteiger partial charge in [-0.3, -0.25) is 0 Å². The largest absolute Gasteiger partial charge is 0.503 e. The number of amides is 2. The van der Waals surface area contributed by atoms with Gasteiger partial charge in [0.05, 0.1) is 11.3 Å². The lowest BCUT2D eigenvalue weighted by molar-refractivity contribution is -0.137. The minimum absolute atomic E-state index is 0.0277. The van der Waals surface area contributed by atoms with E-state index in [-0.39, 0.29) is 12.2 Å². The van der Waals surface area contributed by atoms with Crippen molar-refractivity contribution in [3.8, 4) is 5.75 Å². The summed E-state index contributed by atoms with van der Waals surface area (Å²) in [6.45, 7) is -0.0277. The smallest absolute Gasteiger partial charge is 0.416 e. The highest BCUT2D eigenvalue weighted by Crippen LogP contribution is 2.29. The van der Waals surface area contributed by atoms with E-state index in [0.717, 1.165) is 18.2 Å². The molecule has 0 bridgehead atoms. The Labute approximate surface area is 128 Å². The summed E-state index contributed by atoms with van der Waals surface area (Å²) in [4.78, 5) is 11.6. The van der Waals surface area contributed by atoms with E-state index >= 15 is 0 Å². The maximum atomic E-state index is 13.1. The molecular weight excluding hydrogens is 316 g/mol. The average Bonchev–Trinajstić information content (AvgIpc) is 2.49. The first-order chi connectivity index (χ1) is 10.8. The van der Waals surface area contributed by atoms with Gasteiger partial charge in [0.25, 0.3) is 0 Å². The van der Waals surface area contributed by atoms with Crippen LogP contribution >= 0.6 is 0 Å². The van der Waals surface area contributed by atoms with Gasteiger partial charge in [-0.05, 0) is 29.8 Å². The van der Waals surface area contributed by atoms with Gasteiger partial charge in [-0.25, -0.2) is 9.18 Å². The molecule has 23 heavy (non-hydrogen) atoms. The first-order valence-electron chi connectivity index (χ1n) is 6.46. The molecule has 0 aliphatic rings. The van der Waals surface area contributed by atoms with E-state index in [0.29, 0.717) is 5.56 Å². The Morgan fingerprint density at radius 3 is 2.35 bits per heavy atom. The standard InChI is InChI=1S/C15H12F4N2O2/c16-11-2-1-3-12(13(11)22)21-14(23)20-8-9-4-6-10(7-5-9)15(17,18)19/h1-7,22H,8H2,(H2,20,21,23). The quantitative estimate of drug-likeness (QED) is 0.592. The molecule has 4 nitrogen and oxygen atoms in total. The molecule has 0 unspecified atom stereocenters. The molecule has 0 aromatic heterocycles. The van der Waals surface area contributed by atoms with Crippen molar-refractivity contribution in [1.29, 1.82) is 0 Å². The van der Waals surface area contributed by atoms with Gasteiger partial charge in [-0.1, -0.05) is 18.2 Å². The second-order valence-electron chi connectivity index (χ2n) is 4.64. The molecule has 0 saturated heterocycles. The topological polar surface area (TPSA) is 61.4 Å². The molecule has 2 aromatic carbocycles. The summed E-state index contributed by atoms with van der Waals surface area (Å²) in [6.07, 6.45) is -4.42. The van der Waals surface area contributed by atoms with E-state index in [2.05, 4.69) is 10.6 Å². The summed E-state index contributed by atoms with van der Waals surface area (Å²) in [5.41, 5.74) is -0.443. The van der Waals surface area contributed by atoms with E-state index in [4.69, 9.17) is 0 Å². The normalized spacial score (nSPS) is 11.1. The number of phenolic OH excluding ortho intramolecular Hbond substituents is 1. The van der Waals surface area contributed by atoms with Crippen LogP contribution in [0.4, 0.5) is 28.0 Å². The van der Waals surface area contributed by atoms with Gasteiger partial charge in [-0.2, -0.15) is 13.2 Å². The molecule has 3 N–H and O–H groups in total. The van der Waals surface area contributed by atoms with Crippen LogP contribution in [0, 0.1) is 5.82 Å². The van der Waals surface area contributed by atoms with Crippen LogP contribution in [-0.4, -0.2) is 11.1 Å². The van der Waals surface area contributed by atoms with E-state index in [1.165, 1.54) is 24.3 Å². The molecular formula is C15H12F4N2O2. The van der Waals surface area contributed by atoms with Gasteiger partial charge in [0, 0.05) is 6.54 Å². The van der Waals surface area contributed by atoms with Crippen molar-refractivity contribution >= 4 is 11.7 Å². The van der Waals surface area contributed by atoms with Gasteiger partial charge >= 0.3 is 12.2 Å². The Morgan fingerprint density at radius 2 is 1.74 bits per heavy atom. The summed E-state index contributed by atoms with van der Waals surface area (Å²) >= 11 is 0. The van der Waals surface area contributed by atoms with Crippen LogP contribution in [-0.2, 0) is 12.7 Å². The maximum Gasteiger partial charge on any atom is 0.416 e. The lowest BCUT2D eigenvalue weighted by Gasteiger charge is -2.10. The van der Waals surface area contributed by atoms with Crippen molar-refractivity contribution in [2.45, 2.75) is 12.7 Å². The van der Waals surface area contributed by atoms with Crippen LogP contribution < -0.4 is 10.6 Å². The number of hydrogen-bond acceptors (Lipinski definition) is 2. The molecule has 0 fully saturated rings. The van der Waals surface area contributed by atoms with Crippen LogP contribution in [0.1, 0.15) is 11.1 Å². The van der Waals surface area contributed by atoms with Crippen LogP contribution in [0.15, 0.2) is 42.5 Å². The Bertz CT molecular complexity index is 700. The van der Waals surface area contributed by atoms with E-state index < -0.39 is 29.3 Å². The summed E-state index contributed by atoms with van der Waals surface area (Å²) in [5.74, 6) is -1.58. The van der Waals surface area contributed by atoms with Gasteiger partial charge in [0.2, 0.25) is 0 Å². The fourth-order valence-corrected chi connectivity index (χ4v) is 1.78. The number of benzene rings is 2. The third-order valence-electron chi connectivity index (χ3n) is 2.97. The summed E-state index contributed by atoms with van der Waals surface area (Å²) in [5, 5.41) is 14.0. The molecule has 0 heterocycles. The summed E-state index contributed by atoms with van der Waals surface area (Å²) in [6, 6.07) is 7.20. The fraction of sp³-hybridized carbons (Fsp3) is 0.133. The highest BCUT2D eigenvalue weighted by molar-refractivity contribution is 5.90. The number of nitrogens with one attached hydrogen (secondary N) is 2. The zero-order valence-corrected chi connectivity index (χ0v) is 11.6. The number of carbonyl (C=O) groups excluding carboxylic acids is 1. The molecule has 0 aliphatic heterocycles. The fourth-order valence-electron chi connectivity index (χ4n) is 1.78. The third kappa shape index (κ3) is 4.35. The lowest BCUT2D eigenvalue weighted by Crippen LogP contribution is -2.28. The number of halogens is 4. The van der Waals surface area contributed by atoms with Crippen LogP contribution in [0.5, 0.6) is 5.75 Å². The van der Waals surface area contributed by atoms with Gasteiger partial charge in [0.15, 0.2) is 11.6 Å². The number of para-hydroxylation sites is 1. The van der Waals surface area contributed by atoms with Crippen molar-refractivity contribution in [2.24, 2.45) is 0 Å². The predicted octanol–water partition coefficient (Wildman–Crippen LogP) is 3.87. The monoisotopic (exact) mass is 328 g/mol. The predicted molar refractivity (Wildman–Crippen MR) is 75.4 cm³/mol. The SMILES string of the molecule is O=C(NCc1ccc(C(F)(F)F)cc1)Nc1cccc(F)c1O. The van der Waals surface area contributed by atoms with Crippen LogP contribution in [0.2, 0.25) is 0 Å². The highest BCUT2D eigenvalue weighted by atomic mass is 19.4. The van der Waals surface area contributed by atoms with Crippen molar-refractivity contribution in [1.82, 2.24) is 5.32 Å². The minimum Gasteiger partial charge on any atom is -0.503 e. The first kappa shape index (κ1) is 16.6. The van der Waals surface area contributed by atoms with E-state index in [9.17, 15) is 27.5 Å².